The first kappa shape index (κ1) is 18.9. The minimum atomic E-state index is -2.65. The van der Waals surface area contributed by atoms with Crippen LogP contribution in [-0.2, 0) is 10.9 Å². The number of anilines is 3. The highest BCUT2D eigenvalue weighted by Gasteiger charge is 2.09. The lowest BCUT2D eigenvalue weighted by atomic mass is 10.0. The van der Waals surface area contributed by atoms with Gasteiger partial charge in [0.15, 0.2) is 0 Å². The molecule has 0 fully saturated rings. The Bertz CT molecular complexity index is 1200. The normalized spacial score (nSPS) is 11.0. The smallest absolute Gasteiger partial charge is 0.225 e. The molecule has 0 atom stereocenters. The first-order chi connectivity index (χ1) is 14.2. The average Bonchev–Trinajstić information content (AvgIpc) is 2.75. The molecule has 0 aliphatic heterocycles. The molecule has 7 heteroatoms. The molecule has 0 saturated carbocycles. The molecule has 0 unspecified atom stereocenters. The van der Waals surface area contributed by atoms with Crippen molar-refractivity contribution in [2.24, 2.45) is 0 Å². The highest BCUT2D eigenvalue weighted by molar-refractivity contribution is 7.74. The maximum absolute atomic E-state index is 11.4. The number of aromatic nitrogens is 2. The molecule has 1 radical (unpaired) electrons. The van der Waals surface area contributed by atoms with Crippen molar-refractivity contribution in [1.29, 1.82) is 0 Å². The zero-order chi connectivity index (χ0) is 20.2. The Labute approximate surface area is 170 Å². The van der Waals surface area contributed by atoms with Crippen LogP contribution in [0.2, 0.25) is 0 Å². The van der Waals surface area contributed by atoms with Crippen LogP contribution in [0.1, 0.15) is 6.92 Å². The molecule has 0 bridgehead atoms. The van der Waals surface area contributed by atoms with Gasteiger partial charge in [0.05, 0.1) is 11.2 Å². The molecular weight excluding hydrogens is 384 g/mol. The standard InChI is InChI=1S/C22H19N4O2S/c1-2-26(29(27)28)19-11-8-16(9-12-19)17-10-13-21-20(14-17)22(24-15-23-21)25-18-6-4-3-5-7-18/h3-4,6-15,29H,2H2,1H3,(H,23,24,25). The van der Waals surface area contributed by atoms with Gasteiger partial charge in [-0.3, -0.25) is 4.31 Å². The van der Waals surface area contributed by atoms with Gasteiger partial charge in [-0.1, -0.05) is 30.3 Å². The Morgan fingerprint density at radius 1 is 1.03 bits per heavy atom. The van der Waals surface area contributed by atoms with Crippen molar-refractivity contribution >= 4 is 39.0 Å². The van der Waals surface area contributed by atoms with E-state index in [0.29, 0.717) is 18.1 Å². The van der Waals surface area contributed by atoms with E-state index < -0.39 is 10.9 Å². The van der Waals surface area contributed by atoms with Crippen LogP contribution in [0.3, 0.4) is 0 Å². The zero-order valence-corrected chi connectivity index (χ0v) is 16.6. The average molecular weight is 403 g/mol. The molecule has 145 valence electrons. The molecule has 1 N–H and O–H groups in total. The van der Waals surface area contributed by atoms with Gasteiger partial charge in [0.1, 0.15) is 12.1 Å². The summed E-state index contributed by atoms with van der Waals surface area (Å²) in [5.74, 6) is 0.716. The fourth-order valence-electron chi connectivity index (χ4n) is 3.16. The molecule has 1 heterocycles. The van der Waals surface area contributed by atoms with Crippen LogP contribution in [0.5, 0.6) is 0 Å². The summed E-state index contributed by atoms with van der Waals surface area (Å²) in [7, 11) is -2.65. The third kappa shape index (κ3) is 4.05. The van der Waals surface area contributed by atoms with E-state index in [4.69, 9.17) is 0 Å². The first-order valence-electron chi connectivity index (χ1n) is 9.16. The lowest BCUT2D eigenvalue weighted by Crippen LogP contribution is -2.19. The number of hydrogen-bond acceptors (Lipinski definition) is 5. The minimum Gasteiger partial charge on any atom is -0.340 e. The van der Waals surface area contributed by atoms with Gasteiger partial charge in [0.2, 0.25) is 10.9 Å². The van der Waals surface area contributed by atoms with Crippen LogP contribution >= 0.6 is 0 Å². The van der Waals surface area contributed by atoms with Gasteiger partial charge in [-0.05, 0) is 60.5 Å². The van der Waals surface area contributed by atoms with Crippen LogP contribution in [-0.4, -0.2) is 24.9 Å². The topological polar surface area (TPSA) is 75.2 Å². The van der Waals surface area contributed by atoms with Crippen molar-refractivity contribution in [3.05, 3.63) is 79.1 Å². The van der Waals surface area contributed by atoms with Crippen LogP contribution in [0, 0.1) is 6.07 Å². The van der Waals surface area contributed by atoms with Crippen molar-refractivity contribution in [3.8, 4) is 11.1 Å². The molecule has 0 aliphatic rings. The molecule has 29 heavy (non-hydrogen) atoms. The van der Waals surface area contributed by atoms with E-state index in [0.717, 1.165) is 27.7 Å². The van der Waals surface area contributed by atoms with Gasteiger partial charge in [-0.25, -0.2) is 18.4 Å². The second-order valence-corrected chi connectivity index (χ2v) is 7.33. The second kappa shape index (κ2) is 8.28. The highest BCUT2D eigenvalue weighted by atomic mass is 32.2. The zero-order valence-electron chi connectivity index (χ0n) is 15.7. The van der Waals surface area contributed by atoms with E-state index in [-0.39, 0.29) is 0 Å². The first-order valence-corrected chi connectivity index (χ1v) is 10.3. The molecule has 1 aromatic heterocycles. The van der Waals surface area contributed by atoms with Gasteiger partial charge in [-0.2, -0.15) is 0 Å². The number of hydrogen-bond donors (Lipinski definition) is 2. The Hall–Kier alpha value is -3.45. The van der Waals surface area contributed by atoms with Gasteiger partial charge >= 0.3 is 0 Å². The highest BCUT2D eigenvalue weighted by Crippen LogP contribution is 2.29. The van der Waals surface area contributed by atoms with Crippen LogP contribution < -0.4 is 9.62 Å². The summed E-state index contributed by atoms with van der Waals surface area (Å²) < 4.78 is 24.1. The van der Waals surface area contributed by atoms with Crippen molar-refractivity contribution in [2.75, 3.05) is 16.2 Å². The van der Waals surface area contributed by atoms with E-state index in [2.05, 4.69) is 21.4 Å². The summed E-state index contributed by atoms with van der Waals surface area (Å²) in [6.07, 6.45) is 1.54. The molecule has 4 aromatic rings. The largest absolute Gasteiger partial charge is 0.340 e. The van der Waals surface area contributed by atoms with E-state index >= 15 is 0 Å². The molecular formula is C22H19N4O2S. The number of rotatable bonds is 6. The van der Waals surface area contributed by atoms with Gasteiger partial charge in [-0.15, -0.1) is 0 Å². The summed E-state index contributed by atoms with van der Waals surface area (Å²) in [4.78, 5) is 8.75. The predicted molar refractivity (Wildman–Crippen MR) is 117 cm³/mol. The third-order valence-electron chi connectivity index (χ3n) is 4.60. The Morgan fingerprint density at radius 2 is 1.83 bits per heavy atom. The monoisotopic (exact) mass is 403 g/mol. The number of benzene rings is 3. The summed E-state index contributed by atoms with van der Waals surface area (Å²) >= 11 is 0. The fourth-order valence-corrected chi connectivity index (χ4v) is 3.71. The number of nitrogens with zero attached hydrogens (tertiary/aromatic N) is 3. The SMILES string of the molecule is CCN(c1ccc(-c2ccc3ncnc(Nc4c[c]ccc4)c3c2)cc1)[SH](=O)=O. The Balaban J connectivity index is 1.71. The molecule has 4 rings (SSSR count). The summed E-state index contributed by atoms with van der Waals surface area (Å²) in [6.45, 7) is 2.21. The maximum atomic E-state index is 11.4. The summed E-state index contributed by atoms with van der Waals surface area (Å²) in [6, 6.07) is 24.0. The Kier molecular flexibility index (Phi) is 5.39. The molecule has 6 nitrogen and oxygen atoms in total. The summed E-state index contributed by atoms with van der Waals surface area (Å²) in [5, 5.41) is 4.21. The predicted octanol–water partition coefficient (Wildman–Crippen LogP) is 4.19. The quantitative estimate of drug-likeness (QED) is 0.472. The van der Waals surface area contributed by atoms with Crippen LogP contribution in [0.15, 0.2) is 73.1 Å². The molecule has 0 aliphatic carbocycles. The lowest BCUT2D eigenvalue weighted by Gasteiger charge is -2.15. The van der Waals surface area contributed by atoms with Crippen molar-refractivity contribution in [1.82, 2.24) is 9.97 Å². The van der Waals surface area contributed by atoms with Crippen molar-refractivity contribution in [3.63, 3.8) is 0 Å². The summed E-state index contributed by atoms with van der Waals surface area (Å²) in [5.41, 5.74) is 4.36. The molecule has 0 amide bonds. The number of fused-ring (bicyclic) bond motifs is 1. The molecule has 0 spiro atoms. The minimum absolute atomic E-state index is 0.400. The van der Waals surface area contributed by atoms with E-state index in [9.17, 15) is 8.42 Å². The number of thiol groups is 1. The van der Waals surface area contributed by atoms with Crippen LogP contribution in [0.25, 0.3) is 22.0 Å². The lowest BCUT2D eigenvalue weighted by molar-refractivity contribution is 0.611. The van der Waals surface area contributed by atoms with E-state index in [1.54, 1.807) is 6.92 Å². The maximum Gasteiger partial charge on any atom is 0.225 e. The van der Waals surface area contributed by atoms with E-state index in [1.165, 1.54) is 10.6 Å². The van der Waals surface area contributed by atoms with Gasteiger partial charge in [0.25, 0.3) is 0 Å². The van der Waals surface area contributed by atoms with Gasteiger partial charge < -0.3 is 5.32 Å². The molecule has 3 aromatic carbocycles. The second-order valence-electron chi connectivity index (χ2n) is 6.37. The molecule has 0 saturated heterocycles. The Morgan fingerprint density at radius 3 is 2.52 bits per heavy atom. The third-order valence-corrected chi connectivity index (χ3v) is 5.51. The van der Waals surface area contributed by atoms with Gasteiger partial charge in [0, 0.05) is 17.6 Å². The number of nitrogens with one attached hydrogen (secondary N) is 1. The van der Waals surface area contributed by atoms with Crippen LogP contribution in [0.4, 0.5) is 17.2 Å². The fraction of sp³-hybridized carbons (Fsp3) is 0.0909. The van der Waals surface area contributed by atoms with Crippen molar-refractivity contribution in [2.45, 2.75) is 6.92 Å². The van der Waals surface area contributed by atoms with E-state index in [1.807, 2.05) is 66.7 Å². The van der Waals surface area contributed by atoms with Crippen molar-refractivity contribution < 1.29 is 8.42 Å².